The van der Waals surface area contributed by atoms with Gasteiger partial charge in [-0.15, -0.1) is 0 Å². The predicted octanol–water partition coefficient (Wildman–Crippen LogP) is 2.38. The summed E-state index contributed by atoms with van der Waals surface area (Å²) in [5, 5.41) is 0. The normalized spacial score (nSPS) is 16.6. The van der Waals surface area contributed by atoms with E-state index in [-0.39, 0.29) is 0 Å². The van der Waals surface area contributed by atoms with E-state index in [2.05, 4.69) is 12.1 Å². The molecule has 2 rings (SSSR count). The highest BCUT2D eigenvalue weighted by molar-refractivity contribution is 5.39. The Morgan fingerprint density at radius 3 is 2.12 bits per heavy atom. The predicted molar refractivity (Wildman–Crippen MR) is 68.6 cm³/mol. The van der Waals surface area contributed by atoms with Gasteiger partial charge in [-0.1, -0.05) is 0 Å². The minimum atomic E-state index is 0.451. The summed E-state index contributed by atoms with van der Waals surface area (Å²) in [6.07, 6.45) is 4.79. The Labute approximate surface area is 103 Å². The lowest BCUT2D eigenvalue weighted by Gasteiger charge is -2.15. The van der Waals surface area contributed by atoms with Crippen LogP contribution in [0.2, 0.25) is 0 Å². The average Bonchev–Trinajstić information content (AvgIpc) is 3.08. The lowest BCUT2D eigenvalue weighted by molar-refractivity contribution is 0.391. The van der Waals surface area contributed by atoms with Gasteiger partial charge in [0.2, 0.25) is 0 Å². The molecule has 0 saturated heterocycles. The molecule has 0 spiro atoms. The summed E-state index contributed by atoms with van der Waals surface area (Å²) in [6.45, 7) is 0.779. The number of hydrogen-bond donors (Lipinski definition) is 1. The van der Waals surface area contributed by atoms with Crippen LogP contribution in [0, 0.1) is 5.41 Å². The highest BCUT2D eigenvalue weighted by Gasteiger charge is 2.41. The van der Waals surface area contributed by atoms with Gasteiger partial charge in [0, 0.05) is 6.07 Å². The van der Waals surface area contributed by atoms with E-state index in [9.17, 15) is 0 Å². The van der Waals surface area contributed by atoms with Crippen LogP contribution in [0.5, 0.6) is 11.5 Å². The smallest absolute Gasteiger partial charge is 0.122 e. The molecule has 3 nitrogen and oxygen atoms in total. The molecule has 1 saturated carbocycles. The van der Waals surface area contributed by atoms with Crippen molar-refractivity contribution in [2.45, 2.75) is 25.7 Å². The second-order valence-electron chi connectivity index (χ2n) is 4.94. The van der Waals surface area contributed by atoms with Crippen molar-refractivity contribution >= 4 is 0 Å². The molecule has 0 heterocycles. The van der Waals surface area contributed by atoms with Gasteiger partial charge in [0.05, 0.1) is 14.2 Å². The largest absolute Gasteiger partial charge is 0.497 e. The van der Waals surface area contributed by atoms with Crippen molar-refractivity contribution in [3.05, 3.63) is 23.8 Å². The van der Waals surface area contributed by atoms with Crippen molar-refractivity contribution in [3.8, 4) is 11.5 Å². The second kappa shape index (κ2) is 4.96. The topological polar surface area (TPSA) is 44.5 Å². The van der Waals surface area contributed by atoms with Crippen LogP contribution in [-0.2, 0) is 6.42 Å². The van der Waals surface area contributed by atoms with Crippen molar-refractivity contribution in [2.75, 3.05) is 20.8 Å². The Bertz CT molecular complexity index is 364. The van der Waals surface area contributed by atoms with E-state index < -0.39 is 0 Å². The number of benzene rings is 1. The Morgan fingerprint density at radius 2 is 1.71 bits per heavy atom. The zero-order valence-corrected chi connectivity index (χ0v) is 10.7. The molecule has 1 aliphatic carbocycles. The quantitative estimate of drug-likeness (QED) is 0.823. The van der Waals surface area contributed by atoms with Gasteiger partial charge in [0.15, 0.2) is 0 Å². The number of hydrogen-bond acceptors (Lipinski definition) is 3. The highest BCUT2D eigenvalue weighted by Crippen LogP contribution is 2.51. The number of ether oxygens (including phenoxy) is 2. The van der Waals surface area contributed by atoms with Gasteiger partial charge < -0.3 is 15.2 Å². The Kier molecular flexibility index (Phi) is 3.57. The lowest BCUT2D eigenvalue weighted by atomic mass is 9.93. The molecule has 0 aliphatic heterocycles. The third kappa shape index (κ3) is 2.91. The van der Waals surface area contributed by atoms with E-state index in [0.29, 0.717) is 5.41 Å². The molecule has 1 aliphatic rings. The first-order valence-electron chi connectivity index (χ1n) is 6.13. The zero-order valence-electron chi connectivity index (χ0n) is 10.7. The van der Waals surface area contributed by atoms with Crippen molar-refractivity contribution in [1.82, 2.24) is 0 Å². The van der Waals surface area contributed by atoms with Gasteiger partial charge in [0.25, 0.3) is 0 Å². The van der Waals surface area contributed by atoms with Gasteiger partial charge in [0.1, 0.15) is 11.5 Å². The van der Waals surface area contributed by atoms with Crippen molar-refractivity contribution in [2.24, 2.45) is 11.1 Å². The maximum absolute atomic E-state index is 5.67. The van der Waals surface area contributed by atoms with Crippen LogP contribution in [0.3, 0.4) is 0 Å². The number of rotatable bonds is 6. The highest BCUT2D eigenvalue weighted by atomic mass is 16.5. The number of methoxy groups -OCH3 is 2. The van der Waals surface area contributed by atoms with E-state index in [1.165, 1.54) is 18.4 Å². The second-order valence-corrected chi connectivity index (χ2v) is 4.94. The molecule has 94 valence electrons. The van der Waals surface area contributed by atoms with Crippen LogP contribution in [0.15, 0.2) is 18.2 Å². The van der Waals surface area contributed by atoms with E-state index >= 15 is 0 Å². The molecular formula is C14H21NO2. The Morgan fingerprint density at radius 1 is 1.12 bits per heavy atom. The summed E-state index contributed by atoms with van der Waals surface area (Å²) in [4.78, 5) is 0. The third-order valence-corrected chi connectivity index (χ3v) is 3.62. The molecule has 0 amide bonds. The molecule has 0 aromatic heterocycles. The minimum Gasteiger partial charge on any atom is -0.497 e. The molecule has 1 fully saturated rings. The molecule has 0 radical (unpaired) electrons. The van der Waals surface area contributed by atoms with E-state index in [4.69, 9.17) is 15.2 Å². The van der Waals surface area contributed by atoms with Gasteiger partial charge in [-0.25, -0.2) is 0 Å². The average molecular weight is 235 g/mol. The Balaban J connectivity index is 2.14. The summed E-state index contributed by atoms with van der Waals surface area (Å²) in [7, 11) is 3.37. The molecular weight excluding hydrogens is 214 g/mol. The molecule has 1 aromatic carbocycles. The summed E-state index contributed by atoms with van der Waals surface area (Å²) in [5.74, 6) is 1.73. The summed E-state index contributed by atoms with van der Waals surface area (Å²) in [6, 6.07) is 6.10. The van der Waals surface area contributed by atoms with Gasteiger partial charge >= 0.3 is 0 Å². The van der Waals surface area contributed by atoms with Crippen LogP contribution in [0.25, 0.3) is 0 Å². The first kappa shape index (κ1) is 12.2. The van der Waals surface area contributed by atoms with Crippen LogP contribution < -0.4 is 15.2 Å². The fourth-order valence-electron chi connectivity index (χ4n) is 2.40. The van der Waals surface area contributed by atoms with Crippen LogP contribution in [0.4, 0.5) is 0 Å². The fraction of sp³-hybridized carbons (Fsp3) is 0.571. The monoisotopic (exact) mass is 235 g/mol. The maximum Gasteiger partial charge on any atom is 0.122 e. The van der Waals surface area contributed by atoms with Crippen LogP contribution in [-0.4, -0.2) is 20.8 Å². The molecule has 0 bridgehead atoms. The van der Waals surface area contributed by atoms with Gasteiger partial charge in [-0.3, -0.25) is 0 Å². The fourth-order valence-corrected chi connectivity index (χ4v) is 2.40. The maximum atomic E-state index is 5.67. The van der Waals surface area contributed by atoms with Gasteiger partial charge in [-0.2, -0.15) is 0 Å². The Hall–Kier alpha value is -1.22. The van der Waals surface area contributed by atoms with Crippen LogP contribution >= 0.6 is 0 Å². The summed E-state index contributed by atoms with van der Waals surface area (Å²) >= 11 is 0. The first-order valence-corrected chi connectivity index (χ1v) is 6.13. The van der Waals surface area contributed by atoms with E-state index in [1.54, 1.807) is 14.2 Å². The SMILES string of the molecule is COc1cc(CC2(CCN)CC2)cc(OC)c1. The van der Waals surface area contributed by atoms with Crippen molar-refractivity contribution in [1.29, 1.82) is 0 Å². The molecule has 0 unspecified atom stereocenters. The minimum absolute atomic E-state index is 0.451. The zero-order chi connectivity index (χ0) is 12.3. The lowest BCUT2D eigenvalue weighted by Crippen LogP contribution is -2.12. The number of nitrogens with two attached hydrogens (primary N) is 1. The summed E-state index contributed by atoms with van der Waals surface area (Å²) in [5.41, 5.74) is 7.41. The van der Waals surface area contributed by atoms with E-state index in [0.717, 1.165) is 30.9 Å². The molecule has 1 aromatic rings. The molecule has 17 heavy (non-hydrogen) atoms. The van der Waals surface area contributed by atoms with Crippen molar-refractivity contribution < 1.29 is 9.47 Å². The summed E-state index contributed by atoms with van der Waals surface area (Å²) < 4.78 is 10.6. The first-order chi connectivity index (χ1) is 8.21. The van der Waals surface area contributed by atoms with Gasteiger partial charge in [-0.05, 0) is 55.3 Å². The molecule has 2 N–H and O–H groups in total. The third-order valence-electron chi connectivity index (χ3n) is 3.62. The van der Waals surface area contributed by atoms with Crippen LogP contribution in [0.1, 0.15) is 24.8 Å². The standard InChI is InChI=1S/C14H21NO2/c1-16-12-7-11(8-13(9-12)17-2)10-14(3-4-14)5-6-15/h7-9H,3-6,10,15H2,1-2H3. The van der Waals surface area contributed by atoms with E-state index in [1.807, 2.05) is 6.07 Å². The van der Waals surface area contributed by atoms with Crippen molar-refractivity contribution in [3.63, 3.8) is 0 Å². The molecule has 0 atom stereocenters. The molecule has 3 heteroatoms.